The van der Waals surface area contributed by atoms with E-state index in [2.05, 4.69) is 0 Å². The zero-order valence-electron chi connectivity index (χ0n) is 6.76. The third kappa shape index (κ3) is 1.28. The molecule has 2 rings (SSSR count). The Morgan fingerprint density at radius 2 is 2.25 bits per heavy atom. The molecule has 1 aromatic carbocycles. The lowest BCUT2D eigenvalue weighted by Crippen LogP contribution is -2.12. The van der Waals surface area contributed by atoms with E-state index in [0.717, 1.165) is 21.9 Å². The van der Waals surface area contributed by atoms with Crippen LogP contribution in [0.1, 0.15) is 11.1 Å². The maximum atomic E-state index is 5.87. The van der Waals surface area contributed by atoms with Crippen LogP contribution in [0.5, 0.6) is 5.75 Å². The Hall–Kier alpha value is -0.730. The summed E-state index contributed by atoms with van der Waals surface area (Å²) in [6.07, 6.45) is 0. The summed E-state index contributed by atoms with van der Waals surface area (Å²) >= 11 is 5.87. The molecule has 1 heterocycles. The van der Waals surface area contributed by atoms with Crippen molar-refractivity contribution in [2.75, 3.05) is 6.79 Å². The predicted octanol–water partition coefficient (Wildman–Crippen LogP) is 2.51. The fraction of sp³-hybridized carbons (Fsp3) is 0.333. The van der Waals surface area contributed by atoms with Gasteiger partial charge < -0.3 is 9.47 Å². The summed E-state index contributed by atoms with van der Waals surface area (Å²) in [7, 11) is 0. The fourth-order valence-corrected chi connectivity index (χ4v) is 1.66. The second-order valence-electron chi connectivity index (χ2n) is 2.82. The van der Waals surface area contributed by atoms with Crippen LogP contribution in [0.3, 0.4) is 0 Å². The summed E-state index contributed by atoms with van der Waals surface area (Å²) in [6.45, 7) is 2.92. The van der Waals surface area contributed by atoms with Gasteiger partial charge in [0.25, 0.3) is 0 Å². The van der Waals surface area contributed by atoms with Crippen LogP contribution in [0.15, 0.2) is 12.1 Å². The highest BCUT2D eigenvalue weighted by Crippen LogP contribution is 2.30. The molecule has 0 fully saturated rings. The molecule has 0 bridgehead atoms. The lowest BCUT2D eigenvalue weighted by molar-refractivity contribution is -0.0168. The second-order valence-corrected chi connectivity index (χ2v) is 3.26. The summed E-state index contributed by atoms with van der Waals surface area (Å²) in [5.41, 5.74) is 2.10. The number of ether oxygens (including phenoxy) is 2. The average molecular weight is 185 g/mol. The zero-order valence-corrected chi connectivity index (χ0v) is 7.52. The molecule has 0 aliphatic carbocycles. The van der Waals surface area contributed by atoms with Crippen molar-refractivity contribution in [3.05, 3.63) is 28.3 Å². The quantitative estimate of drug-likeness (QED) is 0.617. The van der Waals surface area contributed by atoms with Crippen LogP contribution in [0.2, 0.25) is 5.02 Å². The SMILES string of the molecule is Cc1cc(Cl)cc2c1OCOC2. The number of aryl methyl sites for hydroxylation is 1. The normalized spacial score (nSPS) is 15.2. The molecule has 1 aliphatic rings. The van der Waals surface area contributed by atoms with Crippen molar-refractivity contribution in [2.45, 2.75) is 13.5 Å². The second kappa shape index (κ2) is 2.96. The van der Waals surface area contributed by atoms with Gasteiger partial charge in [0.15, 0.2) is 6.79 Å². The molecule has 3 heteroatoms. The fourth-order valence-electron chi connectivity index (χ4n) is 1.37. The van der Waals surface area contributed by atoms with Crippen LogP contribution in [0.4, 0.5) is 0 Å². The summed E-state index contributed by atoms with van der Waals surface area (Å²) < 4.78 is 10.5. The Bertz CT molecular complexity index is 310. The van der Waals surface area contributed by atoms with E-state index in [1.807, 2.05) is 19.1 Å². The van der Waals surface area contributed by atoms with Crippen LogP contribution in [0, 0.1) is 6.92 Å². The maximum Gasteiger partial charge on any atom is 0.189 e. The molecule has 0 atom stereocenters. The van der Waals surface area contributed by atoms with Crippen molar-refractivity contribution in [2.24, 2.45) is 0 Å². The monoisotopic (exact) mass is 184 g/mol. The van der Waals surface area contributed by atoms with Crippen molar-refractivity contribution < 1.29 is 9.47 Å². The lowest BCUT2D eigenvalue weighted by Gasteiger charge is -2.19. The summed E-state index contributed by atoms with van der Waals surface area (Å²) in [4.78, 5) is 0. The standard InChI is InChI=1S/C9H9ClO2/c1-6-2-8(10)3-7-4-11-5-12-9(6)7/h2-3H,4-5H2,1H3. The van der Waals surface area contributed by atoms with Crippen molar-refractivity contribution in [3.8, 4) is 5.75 Å². The Kier molecular flexibility index (Phi) is 1.95. The highest BCUT2D eigenvalue weighted by molar-refractivity contribution is 6.30. The van der Waals surface area contributed by atoms with E-state index < -0.39 is 0 Å². The smallest absolute Gasteiger partial charge is 0.189 e. The molecule has 0 amide bonds. The van der Waals surface area contributed by atoms with Crippen LogP contribution < -0.4 is 4.74 Å². The molecular weight excluding hydrogens is 176 g/mol. The zero-order chi connectivity index (χ0) is 8.55. The average Bonchev–Trinajstić information content (AvgIpc) is 2.04. The molecule has 0 spiro atoms. The Morgan fingerprint density at radius 1 is 1.42 bits per heavy atom. The van der Waals surface area contributed by atoms with Crippen molar-refractivity contribution in [1.29, 1.82) is 0 Å². The third-order valence-electron chi connectivity index (χ3n) is 1.86. The molecule has 12 heavy (non-hydrogen) atoms. The molecule has 64 valence electrons. The molecule has 0 saturated heterocycles. The van der Waals surface area contributed by atoms with Crippen LogP contribution >= 0.6 is 11.6 Å². The van der Waals surface area contributed by atoms with Crippen LogP contribution in [-0.2, 0) is 11.3 Å². The topological polar surface area (TPSA) is 18.5 Å². The summed E-state index contributed by atoms with van der Waals surface area (Å²) in [5, 5.41) is 0.736. The minimum absolute atomic E-state index is 0.343. The van der Waals surface area contributed by atoms with Gasteiger partial charge in [-0.25, -0.2) is 0 Å². The van der Waals surface area contributed by atoms with E-state index in [0.29, 0.717) is 13.4 Å². The highest BCUT2D eigenvalue weighted by Gasteiger charge is 2.13. The molecular formula is C9H9ClO2. The van der Waals surface area contributed by atoms with Gasteiger partial charge in [0.2, 0.25) is 0 Å². The number of rotatable bonds is 0. The molecule has 0 saturated carbocycles. The molecule has 1 aromatic rings. The molecule has 0 radical (unpaired) electrons. The summed E-state index contributed by atoms with van der Waals surface area (Å²) in [6, 6.07) is 3.77. The first-order valence-electron chi connectivity index (χ1n) is 3.77. The number of hydrogen-bond acceptors (Lipinski definition) is 2. The van der Waals surface area contributed by atoms with Gasteiger partial charge in [-0.3, -0.25) is 0 Å². The van der Waals surface area contributed by atoms with E-state index in [1.165, 1.54) is 0 Å². The first-order valence-corrected chi connectivity index (χ1v) is 4.15. The van der Waals surface area contributed by atoms with Gasteiger partial charge >= 0.3 is 0 Å². The third-order valence-corrected chi connectivity index (χ3v) is 2.08. The number of fused-ring (bicyclic) bond motifs is 1. The van der Waals surface area contributed by atoms with Gasteiger partial charge in [-0.2, -0.15) is 0 Å². The van der Waals surface area contributed by atoms with Gasteiger partial charge in [0, 0.05) is 10.6 Å². The first-order chi connectivity index (χ1) is 5.77. The maximum absolute atomic E-state index is 5.87. The molecule has 0 unspecified atom stereocenters. The van der Waals surface area contributed by atoms with E-state index in [9.17, 15) is 0 Å². The largest absolute Gasteiger partial charge is 0.467 e. The van der Waals surface area contributed by atoms with Gasteiger partial charge in [0.05, 0.1) is 6.61 Å². The van der Waals surface area contributed by atoms with Gasteiger partial charge in [-0.05, 0) is 24.6 Å². The van der Waals surface area contributed by atoms with E-state index in [-0.39, 0.29) is 0 Å². The first kappa shape index (κ1) is 7.90. The summed E-state index contributed by atoms with van der Waals surface area (Å²) in [5.74, 6) is 0.922. The van der Waals surface area contributed by atoms with E-state index >= 15 is 0 Å². The molecule has 0 N–H and O–H groups in total. The van der Waals surface area contributed by atoms with Crippen molar-refractivity contribution in [1.82, 2.24) is 0 Å². The van der Waals surface area contributed by atoms with Gasteiger partial charge in [0.1, 0.15) is 5.75 Å². The molecule has 0 aromatic heterocycles. The Morgan fingerprint density at radius 3 is 3.08 bits per heavy atom. The Labute approximate surface area is 76.1 Å². The lowest BCUT2D eigenvalue weighted by atomic mass is 10.1. The predicted molar refractivity (Wildman–Crippen MR) is 46.5 cm³/mol. The highest BCUT2D eigenvalue weighted by atomic mass is 35.5. The number of hydrogen-bond donors (Lipinski definition) is 0. The van der Waals surface area contributed by atoms with E-state index in [1.54, 1.807) is 0 Å². The van der Waals surface area contributed by atoms with E-state index in [4.69, 9.17) is 21.1 Å². The molecule has 2 nitrogen and oxygen atoms in total. The van der Waals surface area contributed by atoms with Crippen molar-refractivity contribution >= 4 is 11.6 Å². The number of benzene rings is 1. The van der Waals surface area contributed by atoms with Gasteiger partial charge in [-0.1, -0.05) is 11.6 Å². The van der Waals surface area contributed by atoms with Gasteiger partial charge in [-0.15, -0.1) is 0 Å². The van der Waals surface area contributed by atoms with Crippen molar-refractivity contribution in [3.63, 3.8) is 0 Å². The van der Waals surface area contributed by atoms with Crippen LogP contribution in [-0.4, -0.2) is 6.79 Å². The molecule has 1 aliphatic heterocycles. The van der Waals surface area contributed by atoms with Crippen LogP contribution in [0.25, 0.3) is 0 Å². The Balaban J connectivity index is 2.53. The minimum atomic E-state index is 0.343. The minimum Gasteiger partial charge on any atom is -0.467 e. The number of halogens is 1.